The van der Waals surface area contributed by atoms with Gasteiger partial charge in [0.05, 0.1) is 14.6 Å². The minimum absolute atomic E-state index is 0.129. The van der Waals surface area contributed by atoms with E-state index >= 15 is 0 Å². The molecule has 0 radical (unpaired) electrons. The van der Waals surface area contributed by atoms with Crippen molar-refractivity contribution in [2.75, 3.05) is 13.2 Å². The molecule has 0 aliphatic carbocycles. The minimum atomic E-state index is -1.61. The van der Waals surface area contributed by atoms with Gasteiger partial charge in [0, 0.05) is 0 Å². The zero-order valence-electron chi connectivity index (χ0n) is 8.04. The SMILES string of the molecule is [2H]C=CCOC[C@@H](O)[C@@H](O)[C@@H](O)C=O. The van der Waals surface area contributed by atoms with Gasteiger partial charge in [-0.25, -0.2) is 0 Å². The second-order valence-corrected chi connectivity index (χ2v) is 2.46. The van der Waals surface area contributed by atoms with E-state index in [0.29, 0.717) is 0 Å². The molecule has 0 bridgehead atoms. The van der Waals surface area contributed by atoms with Crippen LogP contribution in [0.1, 0.15) is 1.37 Å². The first-order chi connectivity index (χ1) is 6.63. The second kappa shape index (κ2) is 6.73. The molecule has 0 rings (SSSR count). The number of aliphatic hydroxyl groups excluding tert-OH is 3. The molecular formula is C8H14O5. The van der Waals surface area contributed by atoms with Gasteiger partial charge in [0.15, 0.2) is 6.29 Å². The Kier molecular flexibility index (Phi) is 5.35. The lowest BCUT2D eigenvalue weighted by molar-refractivity contribution is -0.129. The zero-order chi connectivity index (χ0) is 11.0. The first-order valence-corrected chi connectivity index (χ1v) is 3.74. The zero-order valence-corrected chi connectivity index (χ0v) is 7.04. The molecule has 0 saturated carbocycles. The largest absolute Gasteiger partial charge is 0.388 e. The van der Waals surface area contributed by atoms with Crippen LogP contribution >= 0.6 is 0 Å². The molecule has 0 aromatic heterocycles. The summed E-state index contributed by atoms with van der Waals surface area (Å²) < 4.78 is 11.4. The van der Waals surface area contributed by atoms with Crippen LogP contribution in [0, 0.1) is 0 Å². The third-order valence-corrected chi connectivity index (χ3v) is 1.39. The molecule has 3 N–H and O–H groups in total. The van der Waals surface area contributed by atoms with Crippen molar-refractivity contribution in [1.29, 1.82) is 0 Å². The Hall–Kier alpha value is -0.750. The summed E-state index contributed by atoms with van der Waals surface area (Å²) in [5, 5.41) is 27.1. The summed E-state index contributed by atoms with van der Waals surface area (Å²) in [5.41, 5.74) is 0. The highest BCUT2D eigenvalue weighted by molar-refractivity contribution is 5.56. The van der Waals surface area contributed by atoms with Crippen molar-refractivity contribution < 1.29 is 26.2 Å². The number of carbonyl (C=O) groups is 1. The Morgan fingerprint density at radius 1 is 1.54 bits per heavy atom. The van der Waals surface area contributed by atoms with Crippen LogP contribution in [0.4, 0.5) is 0 Å². The van der Waals surface area contributed by atoms with Crippen LogP contribution in [-0.2, 0) is 9.53 Å². The molecule has 0 unspecified atom stereocenters. The van der Waals surface area contributed by atoms with Crippen molar-refractivity contribution in [3.8, 4) is 0 Å². The van der Waals surface area contributed by atoms with Crippen molar-refractivity contribution in [1.82, 2.24) is 0 Å². The summed E-state index contributed by atoms with van der Waals surface area (Å²) >= 11 is 0. The number of ether oxygens (including phenoxy) is 1. The fourth-order valence-corrected chi connectivity index (χ4v) is 0.664. The maximum Gasteiger partial charge on any atom is 0.151 e. The predicted octanol–water partition coefficient (Wildman–Crippen LogP) is -1.53. The van der Waals surface area contributed by atoms with Crippen LogP contribution < -0.4 is 0 Å². The number of rotatable bonds is 7. The topological polar surface area (TPSA) is 87.0 Å². The molecule has 76 valence electrons. The van der Waals surface area contributed by atoms with Crippen molar-refractivity contribution in [2.45, 2.75) is 18.3 Å². The highest BCUT2D eigenvalue weighted by atomic mass is 16.5. The monoisotopic (exact) mass is 191 g/mol. The van der Waals surface area contributed by atoms with Gasteiger partial charge in [0.1, 0.15) is 18.3 Å². The van der Waals surface area contributed by atoms with E-state index in [9.17, 15) is 4.79 Å². The molecule has 0 amide bonds. The quantitative estimate of drug-likeness (QED) is 0.258. The normalized spacial score (nSPS) is 19.5. The van der Waals surface area contributed by atoms with Gasteiger partial charge in [0.25, 0.3) is 0 Å². The van der Waals surface area contributed by atoms with Crippen molar-refractivity contribution in [2.24, 2.45) is 0 Å². The van der Waals surface area contributed by atoms with E-state index in [-0.39, 0.29) is 19.5 Å². The number of hydrogen-bond donors (Lipinski definition) is 3. The number of aldehydes is 1. The first kappa shape index (κ1) is 10.3. The average Bonchev–Trinajstić information content (AvgIpc) is 2.21. The molecule has 5 nitrogen and oxygen atoms in total. The Balaban J connectivity index is 3.71. The van der Waals surface area contributed by atoms with E-state index in [1.165, 1.54) is 6.08 Å². The van der Waals surface area contributed by atoms with Crippen molar-refractivity contribution in [3.63, 3.8) is 0 Å². The Bertz CT molecular complexity index is 185. The number of aliphatic hydroxyl groups is 3. The van der Waals surface area contributed by atoms with Gasteiger partial charge in [-0.15, -0.1) is 6.55 Å². The summed E-state index contributed by atoms with van der Waals surface area (Å²) in [6.45, 7) is 0.948. The molecule has 0 heterocycles. The van der Waals surface area contributed by atoms with Crippen LogP contribution in [-0.4, -0.2) is 53.1 Å². The standard InChI is InChI=1S/C8H14O5/c1-2-3-13-5-7(11)8(12)6(10)4-9/h2,4,6-8,10-12H,1,3,5H2/t6-,7+,8-/m0/s1/i1D. The third-order valence-electron chi connectivity index (χ3n) is 1.39. The third kappa shape index (κ3) is 4.74. The fourth-order valence-electron chi connectivity index (χ4n) is 0.664. The predicted molar refractivity (Wildman–Crippen MR) is 45.1 cm³/mol. The summed E-state index contributed by atoms with van der Waals surface area (Å²) in [4.78, 5) is 10.0. The van der Waals surface area contributed by atoms with Gasteiger partial charge in [0.2, 0.25) is 0 Å². The smallest absolute Gasteiger partial charge is 0.151 e. The fraction of sp³-hybridized carbons (Fsp3) is 0.625. The van der Waals surface area contributed by atoms with E-state index in [1.807, 2.05) is 0 Å². The lowest BCUT2D eigenvalue weighted by Gasteiger charge is -2.18. The van der Waals surface area contributed by atoms with Crippen LogP contribution in [0.25, 0.3) is 0 Å². The maximum absolute atomic E-state index is 10.0. The lowest BCUT2D eigenvalue weighted by Crippen LogP contribution is -2.40. The molecule has 0 aliphatic rings. The van der Waals surface area contributed by atoms with Gasteiger partial charge < -0.3 is 24.9 Å². The number of carbonyl (C=O) groups excluding carboxylic acids is 1. The van der Waals surface area contributed by atoms with E-state index < -0.39 is 18.3 Å². The molecule has 0 aromatic carbocycles. The molecule has 0 aliphatic heterocycles. The highest BCUT2D eigenvalue weighted by Gasteiger charge is 2.23. The molecular weight excluding hydrogens is 176 g/mol. The Morgan fingerprint density at radius 3 is 2.77 bits per heavy atom. The highest BCUT2D eigenvalue weighted by Crippen LogP contribution is 1.99. The van der Waals surface area contributed by atoms with Gasteiger partial charge in [-0.3, -0.25) is 0 Å². The van der Waals surface area contributed by atoms with Crippen LogP contribution in [0.5, 0.6) is 0 Å². The molecule has 0 fully saturated rings. The maximum atomic E-state index is 10.0. The van der Waals surface area contributed by atoms with Crippen LogP contribution in [0.15, 0.2) is 12.6 Å². The van der Waals surface area contributed by atoms with Gasteiger partial charge in [-0.2, -0.15) is 0 Å². The second-order valence-electron chi connectivity index (χ2n) is 2.46. The van der Waals surface area contributed by atoms with E-state index in [0.717, 1.165) is 6.55 Å². The van der Waals surface area contributed by atoms with Gasteiger partial charge >= 0.3 is 0 Å². The summed E-state index contributed by atoms with van der Waals surface area (Å²) in [5.74, 6) is 0. The molecule has 3 atom stereocenters. The van der Waals surface area contributed by atoms with Crippen molar-refractivity contribution >= 4 is 6.29 Å². The molecule has 0 spiro atoms. The van der Waals surface area contributed by atoms with Gasteiger partial charge in [-0.1, -0.05) is 6.08 Å². The molecule has 0 saturated heterocycles. The Labute approximate surface area is 77.7 Å². The lowest BCUT2D eigenvalue weighted by atomic mass is 10.1. The summed E-state index contributed by atoms with van der Waals surface area (Å²) in [6, 6.07) is 0. The summed E-state index contributed by atoms with van der Waals surface area (Å²) in [7, 11) is 0. The van der Waals surface area contributed by atoms with Gasteiger partial charge in [-0.05, 0) is 0 Å². The Morgan fingerprint density at radius 2 is 2.23 bits per heavy atom. The molecule has 13 heavy (non-hydrogen) atoms. The minimum Gasteiger partial charge on any atom is -0.388 e. The molecule has 0 aromatic rings. The van der Waals surface area contributed by atoms with E-state index in [2.05, 4.69) is 0 Å². The average molecular weight is 191 g/mol. The summed E-state index contributed by atoms with van der Waals surface area (Å²) in [6.07, 6.45) is -2.95. The van der Waals surface area contributed by atoms with Crippen LogP contribution in [0.3, 0.4) is 0 Å². The van der Waals surface area contributed by atoms with E-state index in [4.69, 9.17) is 21.4 Å². The first-order valence-electron chi connectivity index (χ1n) is 4.31. The number of hydrogen-bond acceptors (Lipinski definition) is 5. The molecule has 5 heteroatoms. The van der Waals surface area contributed by atoms with Crippen molar-refractivity contribution in [3.05, 3.63) is 12.6 Å². The van der Waals surface area contributed by atoms with E-state index in [1.54, 1.807) is 0 Å². The van der Waals surface area contributed by atoms with Crippen LogP contribution in [0.2, 0.25) is 0 Å².